The number of rotatable bonds is 9. The van der Waals surface area contributed by atoms with Crippen molar-refractivity contribution in [2.75, 3.05) is 14.7 Å². The van der Waals surface area contributed by atoms with E-state index in [0.717, 1.165) is 51.2 Å². The molecule has 3 heteroatoms. The van der Waals surface area contributed by atoms with Crippen molar-refractivity contribution in [1.82, 2.24) is 0 Å². The van der Waals surface area contributed by atoms with Crippen LogP contribution >= 0.6 is 0 Å². The normalized spacial score (nSPS) is 10.9. The summed E-state index contributed by atoms with van der Waals surface area (Å²) in [4.78, 5) is 7.20. The molecule has 7 aromatic carbocycles. The first-order valence-electron chi connectivity index (χ1n) is 17.7. The minimum absolute atomic E-state index is 1.07. The van der Waals surface area contributed by atoms with Crippen LogP contribution in [-0.4, -0.2) is 0 Å². The molecule has 252 valence electrons. The molecule has 3 nitrogen and oxygen atoms in total. The molecule has 0 saturated carbocycles. The van der Waals surface area contributed by atoms with E-state index in [9.17, 15) is 0 Å². The smallest absolute Gasteiger partial charge is 0.0503 e. The number of nitrogens with zero attached hydrogens (tertiary/aromatic N) is 3. The Morgan fingerprint density at radius 2 is 0.510 bits per heavy atom. The van der Waals surface area contributed by atoms with E-state index >= 15 is 0 Å². The van der Waals surface area contributed by atoms with E-state index in [4.69, 9.17) is 0 Å². The van der Waals surface area contributed by atoms with Crippen molar-refractivity contribution in [2.45, 2.75) is 41.5 Å². The fourth-order valence-corrected chi connectivity index (χ4v) is 7.15. The lowest BCUT2D eigenvalue weighted by Crippen LogP contribution is -2.17. The van der Waals surface area contributed by atoms with Gasteiger partial charge in [-0.1, -0.05) is 108 Å². The Kier molecular flexibility index (Phi) is 9.46. The molecule has 0 spiro atoms. The maximum Gasteiger partial charge on any atom is 0.0503 e. The molecular weight excluding hydrogens is 619 g/mol. The molecule has 51 heavy (non-hydrogen) atoms. The number of aryl methyl sites for hydroxylation is 6. The summed E-state index contributed by atoms with van der Waals surface area (Å²) in [5, 5.41) is 0. The molecule has 0 aliphatic rings. The first-order chi connectivity index (χ1) is 24.8. The van der Waals surface area contributed by atoms with Crippen molar-refractivity contribution in [3.8, 4) is 0 Å². The summed E-state index contributed by atoms with van der Waals surface area (Å²) in [6, 6.07) is 59.4. The molecule has 0 atom stereocenters. The van der Waals surface area contributed by atoms with Gasteiger partial charge < -0.3 is 14.7 Å². The summed E-state index contributed by atoms with van der Waals surface area (Å²) >= 11 is 0. The van der Waals surface area contributed by atoms with Crippen LogP contribution in [0, 0.1) is 41.5 Å². The van der Waals surface area contributed by atoms with Gasteiger partial charge in [0.05, 0.1) is 17.1 Å². The standard InChI is InChI=1S/C48H45N3/c1-34-22-25-46(37(4)28-34)49(40-16-10-7-11-17-40)43-31-44(50(41-18-12-8-13-19-41)47-26-23-35(2)29-38(47)5)33-45(32-43)51(42-20-14-9-15-21-42)48-27-24-36(3)30-39(48)6/h7-33H,1-6H3. The van der Waals surface area contributed by atoms with Crippen molar-refractivity contribution in [2.24, 2.45) is 0 Å². The summed E-state index contributed by atoms with van der Waals surface area (Å²) in [5.41, 5.74) is 17.3. The second-order valence-corrected chi connectivity index (χ2v) is 13.6. The third kappa shape index (κ3) is 7.02. The summed E-state index contributed by atoms with van der Waals surface area (Å²) in [5.74, 6) is 0. The molecule has 7 rings (SSSR count). The highest BCUT2D eigenvalue weighted by Crippen LogP contribution is 2.47. The van der Waals surface area contributed by atoms with Gasteiger partial charge in [0.15, 0.2) is 0 Å². The predicted octanol–water partition coefficient (Wildman–Crippen LogP) is 13.9. The van der Waals surface area contributed by atoms with Gasteiger partial charge in [-0.15, -0.1) is 0 Å². The Hall–Kier alpha value is -6.06. The summed E-state index contributed by atoms with van der Waals surface area (Å²) in [6.45, 7) is 13.1. The topological polar surface area (TPSA) is 9.72 Å². The molecule has 0 aliphatic heterocycles. The zero-order chi connectivity index (χ0) is 35.5. The third-order valence-corrected chi connectivity index (χ3v) is 9.48. The average Bonchev–Trinajstić information content (AvgIpc) is 3.13. The van der Waals surface area contributed by atoms with Crippen LogP contribution in [0.3, 0.4) is 0 Å². The number of para-hydroxylation sites is 3. The Labute approximate surface area is 303 Å². The van der Waals surface area contributed by atoms with Gasteiger partial charge in [0.1, 0.15) is 0 Å². The first kappa shape index (κ1) is 33.4. The largest absolute Gasteiger partial charge is 0.310 e. The molecule has 0 radical (unpaired) electrons. The summed E-state index contributed by atoms with van der Waals surface area (Å²) < 4.78 is 0. The molecule has 0 unspecified atom stereocenters. The van der Waals surface area contributed by atoms with Crippen LogP contribution in [-0.2, 0) is 0 Å². The molecule has 0 aliphatic carbocycles. The fraction of sp³-hybridized carbons (Fsp3) is 0.125. The van der Waals surface area contributed by atoms with Crippen LogP contribution < -0.4 is 14.7 Å². The predicted molar refractivity (Wildman–Crippen MR) is 219 cm³/mol. The summed E-state index contributed by atoms with van der Waals surface area (Å²) in [6.07, 6.45) is 0. The Bertz CT molecular complexity index is 2010. The number of hydrogen-bond donors (Lipinski definition) is 0. The minimum Gasteiger partial charge on any atom is -0.310 e. The number of anilines is 9. The molecular formula is C48H45N3. The molecule has 0 aromatic heterocycles. The van der Waals surface area contributed by atoms with Gasteiger partial charge in [0.25, 0.3) is 0 Å². The highest BCUT2D eigenvalue weighted by atomic mass is 15.2. The zero-order valence-electron chi connectivity index (χ0n) is 30.4. The Morgan fingerprint density at radius 3 is 0.745 bits per heavy atom. The molecule has 0 heterocycles. The highest BCUT2D eigenvalue weighted by molar-refractivity contribution is 5.90. The van der Waals surface area contributed by atoms with Gasteiger partial charge in [0.2, 0.25) is 0 Å². The van der Waals surface area contributed by atoms with Gasteiger partial charge >= 0.3 is 0 Å². The minimum atomic E-state index is 1.07. The molecule has 0 bridgehead atoms. The van der Waals surface area contributed by atoms with E-state index in [2.05, 4.69) is 220 Å². The van der Waals surface area contributed by atoms with Crippen LogP contribution in [0.2, 0.25) is 0 Å². The average molecular weight is 664 g/mol. The number of benzene rings is 7. The van der Waals surface area contributed by atoms with Crippen LogP contribution in [0.5, 0.6) is 0 Å². The van der Waals surface area contributed by atoms with E-state index in [-0.39, 0.29) is 0 Å². The van der Waals surface area contributed by atoms with Crippen LogP contribution in [0.25, 0.3) is 0 Å². The van der Waals surface area contributed by atoms with Gasteiger partial charge in [0, 0.05) is 34.1 Å². The maximum atomic E-state index is 2.40. The highest BCUT2D eigenvalue weighted by Gasteiger charge is 2.24. The van der Waals surface area contributed by atoms with Crippen molar-refractivity contribution in [3.63, 3.8) is 0 Å². The monoisotopic (exact) mass is 663 g/mol. The molecule has 0 N–H and O–H groups in total. The lowest BCUT2D eigenvalue weighted by Gasteiger charge is -2.34. The molecule has 0 saturated heterocycles. The Morgan fingerprint density at radius 1 is 0.255 bits per heavy atom. The van der Waals surface area contributed by atoms with Gasteiger partial charge in [-0.2, -0.15) is 0 Å². The number of hydrogen-bond acceptors (Lipinski definition) is 3. The second-order valence-electron chi connectivity index (χ2n) is 13.6. The third-order valence-electron chi connectivity index (χ3n) is 9.48. The Balaban J connectivity index is 1.57. The quantitative estimate of drug-likeness (QED) is 0.152. The van der Waals surface area contributed by atoms with Crippen molar-refractivity contribution in [3.05, 3.63) is 197 Å². The van der Waals surface area contributed by atoms with E-state index in [1.807, 2.05) is 0 Å². The van der Waals surface area contributed by atoms with E-state index in [0.29, 0.717) is 0 Å². The van der Waals surface area contributed by atoms with Crippen molar-refractivity contribution >= 4 is 51.2 Å². The van der Waals surface area contributed by atoms with Gasteiger partial charge in [-0.3, -0.25) is 0 Å². The van der Waals surface area contributed by atoms with E-state index in [1.54, 1.807) is 0 Å². The summed E-state index contributed by atoms with van der Waals surface area (Å²) in [7, 11) is 0. The molecule has 7 aromatic rings. The first-order valence-corrected chi connectivity index (χ1v) is 17.7. The molecule has 0 fully saturated rings. The van der Waals surface area contributed by atoms with Crippen LogP contribution in [0.4, 0.5) is 51.2 Å². The van der Waals surface area contributed by atoms with E-state index < -0.39 is 0 Å². The van der Waals surface area contributed by atoms with Crippen molar-refractivity contribution < 1.29 is 0 Å². The zero-order valence-corrected chi connectivity index (χ0v) is 30.4. The SMILES string of the molecule is Cc1ccc(N(c2ccccc2)c2cc(N(c3ccccc3)c3ccc(C)cc3C)cc(N(c3ccccc3)c3ccc(C)cc3C)c2)c(C)c1. The van der Waals surface area contributed by atoms with Crippen LogP contribution in [0.1, 0.15) is 33.4 Å². The lowest BCUT2D eigenvalue weighted by molar-refractivity contribution is 1.19. The fourth-order valence-electron chi connectivity index (χ4n) is 7.15. The van der Waals surface area contributed by atoms with Crippen LogP contribution in [0.15, 0.2) is 164 Å². The lowest BCUT2D eigenvalue weighted by atomic mass is 10.0. The van der Waals surface area contributed by atoms with Gasteiger partial charge in [-0.05, 0) is 131 Å². The van der Waals surface area contributed by atoms with Crippen molar-refractivity contribution in [1.29, 1.82) is 0 Å². The maximum absolute atomic E-state index is 2.40. The molecule has 0 amide bonds. The van der Waals surface area contributed by atoms with E-state index in [1.165, 1.54) is 33.4 Å². The van der Waals surface area contributed by atoms with Gasteiger partial charge in [-0.25, -0.2) is 0 Å². The second kappa shape index (κ2) is 14.4.